The number of hydrogen-bond acceptors (Lipinski definition) is 1. The molecule has 18 heavy (non-hydrogen) atoms. The minimum atomic E-state index is 0.320. The Morgan fingerprint density at radius 3 is 3.00 bits per heavy atom. The number of anilines is 1. The maximum atomic E-state index is 6.01. The van der Waals surface area contributed by atoms with Crippen LogP contribution >= 0.6 is 0 Å². The van der Waals surface area contributed by atoms with E-state index in [9.17, 15) is 0 Å². The zero-order valence-electron chi connectivity index (χ0n) is 11.3. The van der Waals surface area contributed by atoms with Gasteiger partial charge in [0.25, 0.3) is 0 Å². The number of aryl methyl sites for hydroxylation is 1. The number of fused-ring (bicyclic) bond motifs is 3. The maximum absolute atomic E-state index is 6.01. The van der Waals surface area contributed by atoms with Gasteiger partial charge in [-0.05, 0) is 66.2 Å². The molecule has 0 saturated heterocycles. The van der Waals surface area contributed by atoms with Gasteiger partial charge < -0.3 is 5.73 Å². The van der Waals surface area contributed by atoms with Gasteiger partial charge in [-0.25, -0.2) is 0 Å². The first-order chi connectivity index (χ1) is 8.65. The SMILES string of the molecule is C=CC1CCCC2(C)c3cc(N)ccc3CCC12. The van der Waals surface area contributed by atoms with Crippen molar-refractivity contribution < 1.29 is 0 Å². The van der Waals surface area contributed by atoms with Crippen LogP contribution in [0.5, 0.6) is 0 Å². The smallest absolute Gasteiger partial charge is 0.0317 e. The number of hydrogen-bond donors (Lipinski definition) is 1. The monoisotopic (exact) mass is 241 g/mol. The molecule has 2 aliphatic rings. The average Bonchev–Trinajstić information content (AvgIpc) is 2.38. The van der Waals surface area contributed by atoms with E-state index in [0.717, 1.165) is 11.6 Å². The average molecular weight is 241 g/mol. The van der Waals surface area contributed by atoms with Crippen LogP contribution in [0.1, 0.15) is 43.7 Å². The van der Waals surface area contributed by atoms with Gasteiger partial charge in [0, 0.05) is 5.69 Å². The Morgan fingerprint density at radius 1 is 1.39 bits per heavy atom. The predicted molar refractivity (Wildman–Crippen MR) is 77.6 cm³/mol. The lowest BCUT2D eigenvalue weighted by atomic mass is 9.55. The van der Waals surface area contributed by atoms with E-state index in [-0.39, 0.29) is 0 Å². The van der Waals surface area contributed by atoms with Gasteiger partial charge in [-0.3, -0.25) is 0 Å². The number of nitrogen functional groups attached to an aromatic ring is 1. The Bertz CT molecular complexity index is 476. The van der Waals surface area contributed by atoms with Crippen LogP contribution in [0.15, 0.2) is 30.9 Å². The zero-order chi connectivity index (χ0) is 12.8. The van der Waals surface area contributed by atoms with Crippen LogP contribution in [0, 0.1) is 11.8 Å². The molecular formula is C17H23N. The van der Waals surface area contributed by atoms with Crippen molar-refractivity contribution in [1.29, 1.82) is 0 Å². The molecule has 3 unspecified atom stereocenters. The van der Waals surface area contributed by atoms with Crippen LogP contribution in [0.2, 0.25) is 0 Å². The third-order valence-corrected chi connectivity index (χ3v) is 5.35. The highest BCUT2D eigenvalue weighted by molar-refractivity contribution is 5.49. The summed E-state index contributed by atoms with van der Waals surface area (Å²) in [6, 6.07) is 6.52. The van der Waals surface area contributed by atoms with Gasteiger partial charge in [-0.2, -0.15) is 0 Å². The zero-order valence-corrected chi connectivity index (χ0v) is 11.3. The molecule has 96 valence electrons. The molecule has 1 saturated carbocycles. The summed E-state index contributed by atoms with van der Waals surface area (Å²) in [5.74, 6) is 1.45. The second kappa shape index (κ2) is 4.15. The minimum Gasteiger partial charge on any atom is -0.399 e. The molecular weight excluding hydrogens is 218 g/mol. The molecule has 0 bridgehead atoms. The van der Waals surface area contributed by atoms with E-state index in [0.29, 0.717) is 11.3 Å². The third-order valence-electron chi connectivity index (χ3n) is 5.35. The molecule has 1 fully saturated rings. The highest BCUT2D eigenvalue weighted by atomic mass is 14.6. The lowest BCUT2D eigenvalue weighted by Crippen LogP contribution is -2.43. The second-order valence-corrected chi connectivity index (χ2v) is 6.27. The molecule has 0 heterocycles. The van der Waals surface area contributed by atoms with E-state index in [1.807, 2.05) is 0 Å². The Hall–Kier alpha value is -1.24. The lowest BCUT2D eigenvalue weighted by Gasteiger charge is -2.49. The van der Waals surface area contributed by atoms with Crippen molar-refractivity contribution in [2.24, 2.45) is 11.8 Å². The van der Waals surface area contributed by atoms with E-state index in [4.69, 9.17) is 5.73 Å². The fourth-order valence-corrected chi connectivity index (χ4v) is 4.37. The van der Waals surface area contributed by atoms with E-state index >= 15 is 0 Å². The van der Waals surface area contributed by atoms with Gasteiger partial charge in [0.2, 0.25) is 0 Å². The van der Waals surface area contributed by atoms with E-state index in [2.05, 4.69) is 37.8 Å². The lowest BCUT2D eigenvalue weighted by molar-refractivity contribution is 0.134. The van der Waals surface area contributed by atoms with Crippen LogP contribution in [-0.2, 0) is 11.8 Å². The van der Waals surface area contributed by atoms with Gasteiger partial charge >= 0.3 is 0 Å². The Labute approximate surface area is 110 Å². The van der Waals surface area contributed by atoms with Crippen LogP contribution in [-0.4, -0.2) is 0 Å². The number of nitrogens with two attached hydrogens (primary N) is 1. The first-order valence-corrected chi connectivity index (χ1v) is 7.16. The molecule has 3 rings (SSSR count). The molecule has 0 radical (unpaired) electrons. The van der Waals surface area contributed by atoms with Crippen molar-refractivity contribution in [3.05, 3.63) is 42.0 Å². The molecule has 1 nitrogen and oxygen atoms in total. The van der Waals surface area contributed by atoms with Crippen molar-refractivity contribution in [3.63, 3.8) is 0 Å². The summed E-state index contributed by atoms with van der Waals surface area (Å²) in [7, 11) is 0. The van der Waals surface area contributed by atoms with Crippen molar-refractivity contribution in [2.45, 2.75) is 44.4 Å². The Kier molecular flexibility index (Phi) is 2.73. The molecule has 0 aliphatic heterocycles. The van der Waals surface area contributed by atoms with Crippen LogP contribution < -0.4 is 5.73 Å². The predicted octanol–water partition coefficient (Wildman–Crippen LogP) is 4.08. The summed E-state index contributed by atoms with van der Waals surface area (Å²) in [5.41, 5.74) is 10.3. The van der Waals surface area contributed by atoms with Crippen molar-refractivity contribution in [2.75, 3.05) is 5.73 Å². The molecule has 1 aromatic carbocycles. The standard InChI is InChI=1S/C17H23N/c1-3-12-5-4-10-17(2)15(12)9-7-13-6-8-14(18)11-16(13)17/h3,6,8,11-12,15H,1,4-5,7,9-10,18H2,2H3. The summed E-state index contributed by atoms with van der Waals surface area (Å²) in [4.78, 5) is 0. The van der Waals surface area contributed by atoms with Gasteiger partial charge in [0.1, 0.15) is 0 Å². The van der Waals surface area contributed by atoms with Gasteiger partial charge in [0.05, 0.1) is 0 Å². The highest BCUT2D eigenvalue weighted by Gasteiger charge is 2.45. The van der Waals surface area contributed by atoms with Crippen LogP contribution in [0.4, 0.5) is 5.69 Å². The summed E-state index contributed by atoms with van der Waals surface area (Å²) in [5, 5.41) is 0. The van der Waals surface area contributed by atoms with Crippen molar-refractivity contribution in [3.8, 4) is 0 Å². The highest BCUT2D eigenvalue weighted by Crippen LogP contribution is 2.52. The van der Waals surface area contributed by atoms with Gasteiger partial charge in [-0.15, -0.1) is 6.58 Å². The quantitative estimate of drug-likeness (QED) is 0.582. The van der Waals surface area contributed by atoms with Crippen molar-refractivity contribution in [1.82, 2.24) is 0 Å². The first-order valence-electron chi connectivity index (χ1n) is 7.16. The normalized spacial score (nSPS) is 34.5. The molecule has 0 spiro atoms. The van der Waals surface area contributed by atoms with E-state index in [1.54, 1.807) is 0 Å². The topological polar surface area (TPSA) is 26.0 Å². The number of allylic oxidation sites excluding steroid dienone is 1. The fraction of sp³-hybridized carbons (Fsp3) is 0.529. The number of benzene rings is 1. The molecule has 2 N–H and O–H groups in total. The van der Waals surface area contributed by atoms with Crippen molar-refractivity contribution >= 4 is 5.69 Å². The largest absolute Gasteiger partial charge is 0.399 e. The first kappa shape index (κ1) is 11.8. The summed E-state index contributed by atoms with van der Waals surface area (Å²) in [6.45, 7) is 6.50. The molecule has 2 aliphatic carbocycles. The van der Waals surface area contributed by atoms with E-state index < -0.39 is 0 Å². The molecule has 1 heteroatoms. The molecule has 0 amide bonds. The minimum absolute atomic E-state index is 0.320. The van der Waals surface area contributed by atoms with Crippen LogP contribution in [0.3, 0.4) is 0 Å². The summed E-state index contributed by atoms with van der Waals surface area (Å²) in [6.07, 6.45) is 8.65. The molecule has 0 aromatic heterocycles. The van der Waals surface area contributed by atoms with Gasteiger partial charge in [0.15, 0.2) is 0 Å². The third kappa shape index (κ3) is 1.60. The second-order valence-electron chi connectivity index (χ2n) is 6.27. The maximum Gasteiger partial charge on any atom is 0.0317 e. The molecule has 3 atom stereocenters. The summed E-state index contributed by atoms with van der Waals surface area (Å²) >= 11 is 0. The van der Waals surface area contributed by atoms with Crippen LogP contribution in [0.25, 0.3) is 0 Å². The summed E-state index contributed by atoms with van der Waals surface area (Å²) < 4.78 is 0. The Balaban J connectivity index is 2.09. The van der Waals surface area contributed by atoms with Gasteiger partial charge in [-0.1, -0.05) is 25.5 Å². The fourth-order valence-electron chi connectivity index (χ4n) is 4.37. The van der Waals surface area contributed by atoms with E-state index in [1.165, 1.54) is 43.2 Å². The molecule has 1 aromatic rings. The Morgan fingerprint density at radius 2 is 2.22 bits per heavy atom. The number of rotatable bonds is 1.